The fraction of sp³-hybridized carbons (Fsp3) is 0.312. The van der Waals surface area contributed by atoms with E-state index in [1.165, 1.54) is 11.1 Å². The van der Waals surface area contributed by atoms with E-state index in [0.717, 1.165) is 30.2 Å². The van der Waals surface area contributed by atoms with E-state index in [1.54, 1.807) is 18.4 Å². The molecule has 0 aliphatic carbocycles. The van der Waals surface area contributed by atoms with E-state index < -0.39 is 0 Å². The summed E-state index contributed by atoms with van der Waals surface area (Å²) in [5.41, 5.74) is 3.82. The Balaban J connectivity index is 1.62. The maximum Gasteiger partial charge on any atom is 0.237 e. The number of fused-ring (bicyclic) bond motifs is 1. The molecule has 0 saturated heterocycles. The third kappa shape index (κ3) is 2.94. The molecule has 0 amide bonds. The number of hydrogen-bond acceptors (Lipinski definition) is 4. The maximum atomic E-state index is 5.36. The first-order valence-corrected chi connectivity index (χ1v) is 7.91. The summed E-state index contributed by atoms with van der Waals surface area (Å²) in [7, 11) is 1.67. The smallest absolute Gasteiger partial charge is 0.237 e. The minimum absolute atomic E-state index is 0.713. The van der Waals surface area contributed by atoms with Crippen LogP contribution in [0.1, 0.15) is 16.8 Å². The highest BCUT2D eigenvalue weighted by Crippen LogP contribution is 2.22. The van der Waals surface area contributed by atoms with Crippen LogP contribution in [0.2, 0.25) is 0 Å². The van der Waals surface area contributed by atoms with Gasteiger partial charge in [-0.25, -0.2) is 0 Å². The molecule has 2 aromatic heterocycles. The number of aromatic nitrogens is 2. The minimum Gasteiger partial charge on any atom is -0.480 e. The van der Waals surface area contributed by atoms with E-state index in [4.69, 9.17) is 4.74 Å². The highest BCUT2D eigenvalue weighted by atomic mass is 32.1. The van der Waals surface area contributed by atoms with Crippen LogP contribution in [0.4, 0.5) is 0 Å². The molecule has 2 heterocycles. The van der Waals surface area contributed by atoms with Crippen molar-refractivity contribution in [2.24, 2.45) is 0 Å². The van der Waals surface area contributed by atoms with Crippen LogP contribution >= 0.6 is 11.3 Å². The number of benzene rings is 1. The lowest BCUT2D eigenvalue weighted by molar-refractivity contribution is 0.393. The Morgan fingerprint density at radius 2 is 2.19 bits per heavy atom. The number of methoxy groups -OCH3 is 1. The summed E-state index contributed by atoms with van der Waals surface area (Å²) in [6, 6.07) is 8.52. The number of rotatable bonds is 6. The van der Waals surface area contributed by atoms with Gasteiger partial charge in [-0.2, -0.15) is 4.98 Å². The monoisotopic (exact) mass is 301 g/mol. The van der Waals surface area contributed by atoms with E-state index in [0.29, 0.717) is 5.88 Å². The molecule has 3 rings (SSSR count). The number of aryl methyl sites for hydroxylation is 1. The van der Waals surface area contributed by atoms with Gasteiger partial charge in [0.05, 0.1) is 7.11 Å². The molecule has 4 nitrogen and oxygen atoms in total. The summed E-state index contributed by atoms with van der Waals surface area (Å²) in [6.07, 6.45) is 3.06. The fourth-order valence-corrected chi connectivity index (χ4v) is 3.18. The maximum absolute atomic E-state index is 5.36. The molecule has 110 valence electrons. The molecule has 0 unspecified atom stereocenters. The van der Waals surface area contributed by atoms with Crippen LogP contribution in [0.25, 0.3) is 4.96 Å². The van der Waals surface area contributed by atoms with E-state index in [9.17, 15) is 0 Å². The second-order valence-electron chi connectivity index (χ2n) is 4.98. The summed E-state index contributed by atoms with van der Waals surface area (Å²) >= 11 is 1.62. The largest absolute Gasteiger partial charge is 0.480 e. The summed E-state index contributed by atoms with van der Waals surface area (Å²) in [4.78, 5) is 5.44. The van der Waals surface area contributed by atoms with Crippen molar-refractivity contribution in [2.45, 2.75) is 19.9 Å². The Hall–Kier alpha value is -1.85. The first-order chi connectivity index (χ1) is 10.3. The van der Waals surface area contributed by atoms with Crippen molar-refractivity contribution in [1.29, 1.82) is 0 Å². The molecule has 0 saturated carbocycles. The van der Waals surface area contributed by atoms with E-state index >= 15 is 0 Å². The van der Waals surface area contributed by atoms with Crippen molar-refractivity contribution in [2.75, 3.05) is 13.7 Å². The van der Waals surface area contributed by atoms with Gasteiger partial charge >= 0.3 is 0 Å². The molecule has 21 heavy (non-hydrogen) atoms. The highest BCUT2D eigenvalue weighted by Gasteiger charge is 2.12. The number of thiazole rings is 1. The van der Waals surface area contributed by atoms with E-state index in [-0.39, 0.29) is 0 Å². The van der Waals surface area contributed by atoms with Gasteiger partial charge in [0.15, 0.2) is 4.96 Å². The zero-order chi connectivity index (χ0) is 14.7. The van der Waals surface area contributed by atoms with Crippen LogP contribution in [0, 0.1) is 6.92 Å². The number of hydrogen-bond donors (Lipinski definition) is 1. The third-order valence-corrected chi connectivity index (χ3v) is 4.40. The number of nitrogens with one attached hydrogen (secondary N) is 1. The van der Waals surface area contributed by atoms with Gasteiger partial charge in [-0.3, -0.25) is 4.40 Å². The van der Waals surface area contributed by atoms with Crippen molar-refractivity contribution in [3.63, 3.8) is 0 Å². The van der Waals surface area contributed by atoms with Gasteiger partial charge in [-0.1, -0.05) is 24.3 Å². The predicted octanol–water partition coefficient (Wildman–Crippen LogP) is 3.05. The zero-order valence-corrected chi connectivity index (χ0v) is 13.1. The Labute approximate surface area is 128 Å². The average molecular weight is 301 g/mol. The molecule has 0 fully saturated rings. The van der Waals surface area contributed by atoms with Crippen LogP contribution in [-0.4, -0.2) is 23.0 Å². The van der Waals surface area contributed by atoms with Crippen molar-refractivity contribution in [1.82, 2.24) is 14.7 Å². The second-order valence-corrected chi connectivity index (χ2v) is 5.85. The van der Waals surface area contributed by atoms with Crippen LogP contribution in [0.5, 0.6) is 5.88 Å². The predicted molar refractivity (Wildman–Crippen MR) is 86.2 cm³/mol. The lowest BCUT2D eigenvalue weighted by Gasteiger charge is -2.08. The number of nitrogens with zero attached hydrogens (tertiary/aromatic N) is 2. The molecule has 3 aromatic rings. The zero-order valence-electron chi connectivity index (χ0n) is 12.3. The summed E-state index contributed by atoms with van der Waals surface area (Å²) in [6.45, 7) is 3.85. The number of ether oxygens (including phenoxy) is 1. The summed E-state index contributed by atoms with van der Waals surface area (Å²) in [5, 5.41) is 5.52. The topological polar surface area (TPSA) is 38.6 Å². The molecule has 0 aliphatic rings. The molecular weight excluding hydrogens is 282 g/mol. The lowest BCUT2D eigenvalue weighted by Crippen LogP contribution is -2.18. The molecular formula is C16H19N3OS. The Kier molecular flexibility index (Phi) is 4.22. The van der Waals surface area contributed by atoms with Crippen molar-refractivity contribution in [3.8, 4) is 5.88 Å². The number of imidazole rings is 1. The molecule has 1 aromatic carbocycles. The van der Waals surface area contributed by atoms with Gasteiger partial charge in [0.25, 0.3) is 0 Å². The van der Waals surface area contributed by atoms with Gasteiger partial charge in [0.1, 0.15) is 5.69 Å². The van der Waals surface area contributed by atoms with Crippen LogP contribution in [0.15, 0.2) is 35.8 Å². The average Bonchev–Trinajstić information content (AvgIpc) is 3.06. The first-order valence-electron chi connectivity index (χ1n) is 7.03. The quantitative estimate of drug-likeness (QED) is 0.711. The normalized spacial score (nSPS) is 11.1. The molecule has 0 atom stereocenters. The van der Waals surface area contributed by atoms with Gasteiger partial charge in [0, 0.05) is 18.1 Å². The molecule has 0 spiro atoms. The molecule has 0 aliphatic heterocycles. The van der Waals surface area contributed by atoms with Crippen molar-refractivity contribution >= 4 is 16.3 Å². The summed E-state index contributed by atoms with van der Waals surface area (Å²) in [5.74, 6) is 0.713. The van der Waals surface area contributed by atoms with Crippen LogP contribution < -0.4 is 10.1 Å². The molecule has 0 bridgehead atoms. The lowest BCUT2D eigenvalue weighted by atomic mass is 10.1. The summed E-state index contributed by atoms with van der Waals surface area (Å²) < 4.78 is 7.45. The second kappa shape index (κ2) is 6.28. The minimum atomic E-state index is 0.713. The van der Waals surface area contributed by atoms with E-state index in [2.05, 4.69) is 45.9 Å². The van der Waals surface area contributed by atoms with Crippen molar-refractivity contribution < 1.29 is 4.74 Å². The standard InChI is InChI=1S/C16H19N3OS/c1-12-5-3-4-6-13(12)7-8-17-11-14-15(20-2)18-16-19(14)9-10-21-16/h3-6,9-10,17H,7-8,11H2,1-2H3. The third-order valence-electron chi connectivity index (χ3n) is 3.64. The van der Waals surface area contributed by atoms with Gasteiger partial charge in [-0.05, 0) is 31.0 Å². The fourth-order valence-electron chi connectivity index (χ4n) is 2.46. The van der Waals surface area contributed by atoms with E-state index in [1.807, 2.05) is 11.6 Å². The Morgan fingerprint density at radius 1 is 1.33 bits per heavy atom. The molecule has 0 radical (unpaired) electrons. The van der Waals surface area contributed by atoms with Gasteiger partial charge in [-0.15, -0.1) is 11.3 Å². The van der Waals surface area contributed by atoms with Gasteiger partial charge < -0.3 is 10.1 Å². The van der Waals surface area contributed by atoms with Gasteiger partial charge in [0.2, 0.25) is 5.88 Å². The SMILES string of the molecule is COc1nc2sccn2c1CNCCc1ccccc1C. The first kappa shape index (κ1) is 14.1. The molecule has 1 N–H and O–H groups in total. The van der Waals surface area contributed by atoms with Crippen LogP contribution in [0.3, 0.4) is 0 Å². The Bertz CT molecular complexity index is 732. The molecule has 5 heteroatoms. The Morgan fingerprint density at radius 3 is 3.00 bits per heavy atom. The van der Waals surface area contributed by atoms with Crippen LogP contribution in [-0.2, 0) is 13.0 Å². The van der Waals surface area contributed by atoms with Crippen molar-refractivity contribution in [3.05, 3.63) is 52.7 Å². The highest BCUT2D eigenvalue weighted by molar-refractivity contribution is 7.15.